The van der Waals surface area contributed by atoms with Crippen LogP contribution in [-0.4, -0.2) is 62.3 Å². The molecule has 0 aromatic rings. The van der Waals surface area contributed by atoms with Crippen molar-refractivity contribution in [3.8, 4) is 0 Å². The molecule has 0 amide bonds. The maximum Gasteiger partial charge on any atom is 0.0594 e. The van der Waals surface area contributed by atoms with Gasteiger partial charge in [0.1, 0.15) is 0 Å². The Bertz CT molecular complexity index is 232. The van der Waals surface area contributed by atoms with Gasteiger partial charge in [0.2, 0.25) is 0 Å². The second-order valence-corrected chi connectivity index (χ2v) is 6.02. The molecule has 1 saturated carbocycles. The fraction of sp³-hybridized carbons (Fsp3) is 1.00. The molecule has 2 unspecified atom stereocenters. The van der Waals surface area contributed by atoms with E-state index in [0.717, 1.165) is 38.1 Å². The standard InChI is InChI=1S/C14H26N2O.ClH/c1-2-4-14-12-16(11-13(14)3-1)6-5-15-7-9-17-10-8-15;/h13-14H,1-12H2;1H. The van der Waals surface area contributed by atoms with E-state index in [1.54, 1.807) is 0 Å². The molecule has 3 aliphatic rings. The predicted molar refractivity (Wildman–Crippen MR) is 76.4 cm³/mol. The van der Waals surface area contributed by atoms with Gasteiger partial charge in [-0.3, -0.25) is 4.90 Å². The molecule has 0 bridgehead atoms. The maximum absolute atomic E-state index is 5.39. The van der Waals surface area contributed by atoms with Gasteiger partial charge < -0.3 is 9.64 Å². The minimum Gasteiger partial charge on any atom is -0.379 e. The van der Waals surface area contributed by atoms with Gasteiger partial charge >= 0.3 is 0 Å². The summed E-state index contributed by atoms with van der Waals surface area (Å²) in [6, 6.07) is 0. The van der Waals surface area contributed by atoms with Crippen LogP contribution in [0.5, 0.6) is 0 Å². The van der Waals surface area contributed by atoms with Crippen LogP contribution in [0.4, 0.5) is 0 Å². The van der Waals surface area contributed by atoms with Crippen LogP contribution in [0.3, 0.4) is 0 Å². The summed E-state index contributed by atoms with van der Waals surface area (Å²) in [6.07, 6.45) is 5.97. The molecule has 3 fully saturated rings. The zero-order valence-corrected chi connectivity index (χ0v) is 12.2. The number of halogens is 1. The lowest BCUT2D eigenvalue weighted by atomic mass is 9.82. The van der Waals surface area contributed by atoms with Gasteiger partial charge in [-0.1, -0.05) is 12.8 Å². The van der Waals surface area contributed by atoms with Crippen LogP contribution in [-0.2, 0) is 4.74 Å². The van der Waals surface area contributed by atoms with Crippen molar-refractivity contribution in [3.05, 3.63) is 0 Å². The van der Waals surface area contributed by atoms with Crippen molar-refractivity contribution in [1.82, 2.24) is 9.80 Å². The lowest BCUT2D eigenvalue weighted by Crippen LogP contribution is -2.41. The summed E-state index contributed by atoms with van der Waals surface area (Å²) in [6.45, 7) is 9.46. The van der Waals surface area contributed by atoms with Crippen LogP contribution in [0.15, 0.2) is 0 Å². The topological polar surface area (TPSA) is 15.7 Å². The van der Waals surface area contributed by atoms with Gasteiger partial charge in [-0.25, -0.2) is 0 Å². The molecule has 106 valence electrons. The molecule has 3 rings (SSSR count). The summed E-state index contributed by atoms with van der Waals surface area (Å²) in [5.41, 5.74) is 0. The summed E-state index contributed by atoms with van der Waals surface area (Å²) < 4.78 is 5.39. The molecule has 4 heteroatoms. The van der Waals surface area contributed by atoms with Gasteiger partial charge in [0.05, 0.1) is 13.2 Å². The van der Waals surface area contributed by atoms with Crippen LogP contribution in [0.1, 0.15) is 25.7 Å². The molecule has 18 heavy (non-hydrogen) atoms. The Morgan fingerprint density at radius 2 is 1.39 bits per heavy atom. The van der Waals surface area contributed by atoms with Gasteiger partial charge in [-0.15, -0.1) is 12.4 Å². The monoisotopic (exact) mass is 274 g/mol. The number of ether oxygens (including phenoxy) is 1. The Balaban J connectivity index is 0.00000120. The second-order valence-electron chi connectivity index (χ2n) is 6.02. The average molecular weight is 275 g/mol. The molecule has 2 saturated heterocycles. The molecule has 0 N–H and O–H groups in total. The first-order valence-electron chi connectivity index (χ1n) is 7.44. The minimum absolute atomic E-state index is 0. The van der Waals surface area contributed by atoms with Gasteiger partial charge in [-0.2, -0.15) is 0 Å². The van der Waals surface area contributed by atoms with Crippen molar-refractivity contribution < 1.29 is 4.74 Å². The van der Waals surface area contributed by atoms with Crippen LogP contribution >= 0.6 is 12.4 Å². The number of nitrogens with zero attached hydrogens (tertiary/aromatic N) is 2. The normalized spacial score (nSPS) is 34.0. The van der Waals surface area contributed by atoms with Gasteiger partial charge in [0.15, 0.2) is 0 Å². The fourth-order valence-corrected chi connectivity index (χ4v) is 3.79. The SMILES string of the molecule is C1CCC2CN(CCN3CCOCC3)CC2C1.Cl. The van der Waals surface area contributed by atoms with Crippen molar-refractivity contribution in [2.24, 2.45) is 11.8 Å². The highest BCUT2D eigenvalue weighted by molar-refractivity contribution is 5.85. The lowest BCUT2D eigenvalue weighted by Gasteiger charge is -2.28. The van der Waals surface area contributed by atoms with Gasteiger partial charge in [0.25, 0.3) is 0 Å². The zero-order chi connectivity index (χ0) is 11.5. The molecule has 3 nitrogen and oxygen atoms in total. The molecule has 0 aromatic carbocycles. The highest BCUT2D eigenvalue weighted by Gasteiger charge is 2.33. The Morgan fingerprint density at radius 3 is 2.00 bits per heavy atom. The van der Waals surface area contributed by atoms with E-state index in [2.05, 4.69) is 9.80 Å². The average Bonchev–Trinajstić information content (AvgIpc) is 2.80. The largest absolute Gasteiger partial charge is 0.379 e. The van der Waals surface area contributed by atoms with E-state index in [9.17, 15) is 0 Å². The van der Waals surface area contributed by atoms with E-state index in [0.29, 0.717) is 0 Å². The van der Waals surface area contributed by atoms with Crippen molar-refractivity contribution in [2.45, 2.75) is 25.7 Å². The van der Waals surface area contributed by atoms with E-state index >= 15 is 0 Å². The van der Waals surface area contributed by atoms with Gasteiger partial charge in [0, 0.05) is 39.3 Å². The Morgan fingerprint density at radius 1 is 0.833 bits per heavy atom. The Kier molecular flexibility index (Phi) is 5.74. The molecule has 1 aliphatic carbocycles. The third kappa shape index (κ3) is 3.60. The number of rotatable bonds is 3. The van der Waals surface area contributed by atoms with Crippen molar-refractivity contribution in [2.75, 3.05) is 52.5 Å². The molecule has 0 spiro atoms. The lowest BCUT2D eigenvalue weighted by molar-refractivity contribution is 0.0342. The molecule has 2 atom stereocenters. The van der Waals surface area contributed by atoms with Crippen LogP contribution in [0.25, 0.3) is 0 Å². The quantitative estimate of drug-likeness (QED) is 0.781. The third-order valence-corrected chi connectivity index (χ3v) is 4.89. The number of hydrogen-bond donors (Lipinski definition) is 0. The molecular weight excluding hydrogens is 248 g/mol. The van der Waals surface area contributed by atoms with Crippen LogP contribution in [0.2, 0.25) is 0 Å². The van der Waals surface area contributed by atoms with E-state index in [4.69, 9.17) is 4.74 Å². The van der Waals surface area contributed by atoms with E-state index in [1.165, 1.54) is 51.9 Å². The molecular formula is C14H27ClN2O. The second kappa shape index (κ2) is 7.09. The third-order valence-electron chi connectivity index (χ3n) is 4.89. The summed E-state index contributed by atoms with van der Waals surface area (Å²) in [7, 11) is 0. The summed E-state index contributed by atoms with van der Waals surface area (Å²) in [5.74, 6) is 2.07. The smallest absolute Gasteiger partial charge is 0.0594 e. The summed E-state index contributed by atoms with van der Waals surface area (Å²) in [4.78, 5) is 5.28. The molecule has 0 radical (unpaired) electrons. The van der Waals surface area contributed by atoms with Crippen LogP contribution in [0, 0.1) is 11.8 Å². The van der Waals surface area contributed by atoms with Crippen LogP contribution < -0.4 is 0 Å². The van der Waals surface area contributed by atoms with Crippen molar-refractivity contribution in [3.63, 3.8) is 0 Å². The summed E-state index contributed by atoms with van der Waals surface area (Å²) >= 11 is 0. The first-order valence-corrected chi connectivity index (χ1v) is 7.44. The van der Waals surface area contributed by atoms with E-state index in [1.807, 2.05) is 0 Å². The highest BCUT2D eigenvalue weighted by atomic mass is 35.5. The number of morpholine rings is 1. The molecule has 2 aliphatic heterocycles. The number of fused-ring (bicyclic) bond motifs is 1. The Labute approximate surface area is 117 Å². The number of hydrogen-bond acceptors (Lipinski definition) is 3. The van der Waals surface area contributed by atoms with Crippen molar-refractivity contribution in [1.29, 1.82) is 0 Å². The molecule has 2 heterocycles. The van der Waals surface area contributed by atoms with Crippen molar-refractivity contribution >= 4 is 12.4 Å². The van der Waals surface area contributed by atoms with Gasteiger partial charge in [-0.05, 0) is 24.7 Å². The highest BCUT2D eigenvalue weighted by Crippen LogP contribution is 2.35. The fourth-order valence-electron chi connectivity index (χ4n) is 3.79. The summed E-state index contributed by atoms with van der Waals surface area (Å²) in [5, 5.41) is 0. The zero-order valence-electron chi connectivity index (χ0n) is 11.4. The van der Waals surface area contributed by atoms with E-state index < -0.39 is 0 Å². The predicted octanol–water partition coefficient (Wildman–Crippen LogP) is 1.86. The first kappa shape index (κ1) is 14.6. The number of likely N-dealkylation sites (tertiary alicyclic amines) is 1. The minimum atomic E-state index is 0. The maximum atomic E-state index is 5.39. The van der Waals surface area contributed by atoms with E-state index in [-0.39, 0.29) is 12.4 Å². The first-order chi connectivity index (χ1) is 8.42. The molecule has 0 aromatic heterocycles. The Hall–Kier alpha value is 0.170.